The summed E-state index contributed by atoms with van der Waals surface area (Å²) in [5, 5.41) is 2.87. The number of rotatable bonds is 9. The molecular weight excluding hydrogens is 497 g/mol. The topological polar surface area (TPSA) is 144 Å². The molecule has 0 bridgehead atoms. The number of halogens is 1. The molecular formula is C26H30FN5O6. The second-order valence-electron chi connectivity index (χ2n) is 9.30. The van der Waals surface area contributed by atoms with Gasteiger partial charge in [0.25, 0.3) is 5.91 Å². The Hall–Kier alpha value is -4.22. The molecule has 2 fully saturated rings. The van der Waals surface area contributed by atoms with Crippen molar-refractivity contribution in [3.05, 3.63) is 42.3 Å². The Morgan fingerprint density at radius 1 is 1.21 bits per heavy atom. The molecule has 3 heterocycles. The van der Waals surface area contributed by atoms with Gasteiger partial charge in [0, 0.05) is 49.8 Å². The smallest absolute Gasteiger partial charge is 0.414 e. The van der Waals surface area contributed by atoms with E-state index < -0.39 is 29.9 Å². The first-order valence-corrected chi connectivity index (χ1v) is 12.4. The van der Waals surface area contributed by atoms with Crippen LogP contribution in [0.1, 0.15) is 32.6 Å². The minimum absolute atomic E-state index is 0.00693. The van der Waals surface area contributed by atoms with Crippen LogP contribution in [0.25, 0.3) is 11.1 Å². The molecule has 2 aliphatic rings. The Balaban J connectivity index is 1.33. The van der Waals surface area contributed by atoms with E-state index in [-0.39, 0.29) is 31.5 Å². The summed E-state index contributed by atoms with van der Waals surface area (Å²) in [5.41, 5.74) is 6.46. The number of pyridine rings is 1. The molecule has 0 saturated carbocycles. The molecule has 3 N–H and O–H groups in total. The molecule has 2 aliphatic heterocycles. The number of nitrogens with zero attached hydrogens (tertiary/aromatic N) is 3. The van der Waals surface area contributed by atoms with Crippen LogP contribution in [-0.4, -0.2) is 67.2 Å². The normalized spacial score (nSPS) is 17.7. The Morgan fingerprint density at radius 3 is 2.61 bits per heavy atom. The summed E-state index contributed by atoms with van der Waals surface area (Å²) < 4.78 is 25.0. The van der Waals surface area contributed by atoms with Gasteiger partial charge in [-0.1, -0.05) is 0 Å². The predicted octanol–water partition coefficient (Wildman–Crippen LogP) is 2.13. The highest BCUT2D eigenvalue weighted by Gasteiger charge is 2.32. The maximum atomic E-state index is 15.0. The Kier molecular flexibility index (Phi) is 8.39. The van der Waals surface area contributed by atoms with Crippen LogP contribution in [0.2, 0.25) is 0 Å². The van der Waals surface area contributed by atoms with E-state index in [1.807, 2.05) is 6.07 Å². The lowest BCUT2D eigenvalue weighted by Gasteiger charge is -2.33. The number of esters is 1. The minimum atomic E-state index is -0.592. The molecule has 0 spiro atoms. The Bertz CT molecular complexity index is 1200. The molecule has 0 radical (unpaired) electrons. The molecule has 12 heteroatoms. The average molecular weight is 528 g/mol. The standard InChI is InChI=1S/C26H30FN5O6/c1-16(33)37-15-25(35)30-18-8-10-31(11-9-18)24-7-2-17(13-29-24)21-5-3-19(12-22(21)27)32-14-20(38-26(32)36)4-6-23(28)34/h2-3,5,7,12-13,18,20H,4,6,8-11,14-15H2,1H3,(H2,28,34)(H,30,35). The third-order valence-corrected chi connectivity index (χ3v) is 6.50. The maximum Gasteiger partial charge on any atom is 0.414 e. The van der Waals surface area contributed by atoms with E-state index in [9.17, 15) is 19.2 Å². The van der Waals surface area contributed by atoms with Gasteiger partial charge in [-0.2, -0.15) is 0 Å². The van der Waals surface area contributed by atoms with Gasteiger partial charge in [-0.25, -0.2) is 14.2 Å². The summed E-state index contributed by atoms with van der Waals surface area (Å²) in [4.78, 5) is 53.8. The van der Waals surface area contributed by atoms with E-state index in [0.717, 1.165) is 5.82 Å². The van der Waals surface area contributed by atoms with Gasteiger partial charge >= 0.3 is 12.1 Å². The highest BCUT2D eigenvalue weighted by molar-refractivity contribution is 5.90. The van der Waals surface area contributed by atoms with Gasteiger partial charge < -0.3 is 25.4 Å². The third kappa shape index (κ3) is 6.75. The van der Waals surface area contributed by atoms with E-state index in [0.29, 0.717) is 49.2 Å². The summed E-state index contributed by atoms with van der Waals surface area (Å²) in [7, 11) is 0. The Labute approximate surface area is 219 Å². The number of carbonyl (C=O) groups is 4. The van der Waals surface area contributed by atoms with Crippen LogP contribution < -0.4 is 20.9 Å². The van der Waals surface area contributed by atoms with Crippen LogP contribution in [0, 0.1) is 5.82 Å². The van der Waals surface area contributed by atoms with Crippen LogP contribution in [0.4, 0.5) is 20.7 Å². The SMILES string of the molecule is CC(=O)OCC(=O)NC1CCN(c2ccc(-c3ccc(N4CC(CCC(N)=O)OC4=O)cc3F)cn2)CC1. The number of cyclic esters (lactones) is 1. The molecule has 1 atom stereocenters. The second-order valence-corrected chi connectivity index (χ2v) is 9.30. The molecule has 38 heavy (non-hydrogen) atoms. The highest BCUT2D eigenvalue weighted by atomic mass is 19.1. The van der Waals surface area contributed by atoms with Gasteiger partial charge in [-0.05, 0) is 49.6 Å². The van der Waals surface area contributed by atoms with Crippen molar-refractivity contribution >= 4 is 35.4 Å². The maximum absolute atomic E-state index is 15.0. The quantitative estimate of drug-likeness (QED) is 0.472. The van der Waals surface area contributed by atoms with Crippen LogP contribution >= 0.6 is 0 Å². The van der Waals surface area contributed by atoms with Crippen LogP contribution in [0.15, 0.2) is 36.5 Å². The number of aromatic nitrogens is 1. The van der Waals surface area contributed by atoms with Crippen LogP contribution in [0.3, 0.4) is 0 Å². The van der Waals surface area contributed by atoms with E-state index >= 15 is 4.39 Å². The van der Waals surface area contributed by atoms with E-state index in [2.05, 4.69) is 15.2 Å². The summed E-state index contributed by atoms with van der Waals surface area (Å²) in [6, 6.07) is 8.12. The third-order valence-electron chi connectivity index (χ3n) is 6.50. The number of hydrogen-bond donors (Lipinski definition) is 2. The van der Waals surface area contributed by atoms with E-state index in [4.69, 9.17) is 15.2 Å². The van der Waals surface area contributed by atoms with Crippen molar-refractivity contribution in [1.82, 2.24) is 10.3 Å². The number of benzene rings is 1. The molecule has 1 aromatic heterocycles. The number of piperidine rings is 1. The largest absolute Gasteiger partial charge is 0.456 e. The molecule has 0 aliphatic carbocycles. The van der Waals surface area contributed by atoms with Gasteiger partial charge in [0.15, 0.2) is 6.61 Å². The van der Waals surface area contributed by atoms with E-state index in [1.165, 1.54) is 17.9 Å². The van der Waals surface area contributed by atoms with Gasteiger partial charge in [0.05, 0.1) is 12.2 Å². The van der Waals surface area contributed by atoms with Gasteiger partial charge in [0.2, 0.25) is 5.91 Å². The first kappa shape index (κ1) is 26.8. The van der Waals surface area contributed by atoms with Gasteiger partial charge in [-0.3, -0.25) is 19.3 Å². The predicted molar refractivity (Wildman–Crippen MR) is 136 cm³/mol. The van der Waals surface area contributed by atoms with E-state index in [1.54, 1.807) is 24.4 Å². The number of anilines is 2. The van der Waals surface area contributed by atoms with Gasteiger partial charge in [0.1, 0.15) is 17.7 Å². The number of hydrogen-bond acceptors (Lipinski definition) is 8. The number of ether oxygens (including phenoxy) is 2. The number of nitrogens with two attached hydrogens (primary N) is 1. The fraction of sp³-hybridized carbons (Fsp3) is 0.423. The fourth-order valence-corrected chi connectivity index (χ4v) is 4.51. The molecule has 2 aromatic rings. The zero-order valence-corrected chi connectivity index (χ0v) is 21.0. The zero-order valence-electron chi connectivity index (χ0n) is 21.0. The van der Waals surface area contributed by atoms with Crippen molar-refractivity contribution < 1.29 is 33.0 Å². The van der Waals surface area contributed by atoms with Crippen molar-refractivity contribution in [2.24, 2.45) is 5.73 Å². The zero-order chi connectivity index (χ0) is 27.2. The molecule has 2 saturated heterocycles. The first-order chi connectivity index (χ1) is 18.2. The number of nitrogens with one attached hydrogen (secondary N) is 1. The molecule has 1 unspecified atom stereocenters. The Morgan fingerprint density at radius 2 is 1.97 bits per heavy atom. The number of amides is 3. The van der Waals surface area contributed by atoms with Crippen molar-refractivity contribution in [1.29, 1.82) is 0 Å². The molecule has 3 amide bonds. The summed E-state index contributed by atoms with van der Waals surface area (Å²) in [6.45, 7) is 2.55. The molecule has 1 aromatic carbocycles. The van der Waals surface area contributed by atoms with Crippen molar-refractivity contribution in [3.8, 4) is 11.1 Å². The number of carbonyl (C=O) groups excluding carboxylic acids is 4. The summed E-state index contributed by atoms with van der Waals surface area (Å²) >= 11 is 0. The minimum Gasteiger partial charge on any atom is -0.456 e. The van der Waals surface area contributed by atoms with Crippen LogP contribution in [-0.2, 0) is 23.9 Å². The first-order valence-electron chi connectivity index (χ1n) is 12.4. The van der Waals surface area contributed by atoms with Crippen molar-refractivity contribution in [2.45, 2.75) is 44.8 Å². The van der Waals surface area contributed by atoms with Crippen molar-refractivity contribution in [3.63, 3.8) is 0 Å². The summed E-state index contributed by atoms with van der Waals surface area (Å²) in [5.74, 6) is -1.05. The van der Waals surface area contributed by atoms with Crippen molar-refractivity contribution in [2.75, 3.05) is 36.0 Å². The lowest BCUT2D eigenvalue weighted by Crippen LogP contribution is -2.46. The molecule has 4 rings (SSSR count). The highest BCUT2D eigenvalue weighted by Crippen LogP contribution is 2.30. The molecule has 11 nitrogen and oxygen atoms in total. The van der Waals surface area contributed by atoms with Crippen LogP contribution in [0.5, 0.6) is 0 Å². The molecule has 202 valence electrons. The lowest BCUT2D eigenvalue weighted by atomic mass is 10.0. The second kappa shape index (κ2) is 11.9. The average Bonchev–Trinajstić information content (AvgIpc) is 3.27. The summed E-state index contributed by atoms with van der Waals surface area (Å²) in [6.07, 6.45) is 2.39. The number of primary amides is 1. The lowest BCUT2D eigenvalue weighted by molar-refractivity contribution is -0.146. The monoisotopic (exact) mass is 527 g/mol. The van der Waals surface area contributed by atoms with Gasteiger partial charge in [-0.15, -0.1) is 0 Å². The fourth-order valence-electron chi connectivity index (χ4n) is 4.51.